The molecule has 0 aliphatic carbocycles. The third kappa shape index (κ3) is 2.29. The number of imidazole rings is 1. The van der Waals surface area contributed by atoms with Gasteiger partial charge >= 0.3 is 5.97 Å². The minimum Gasteiger partial charge on any atom is -0.478 e. The molecule has 1 N–H and O–H groups in total. The van der Waals surface area contributed by atoms with Crippen molar-refractivity contribution in [1.29, 1.82) is 0 Å². The Kier molecular flexibility index (Phi) is 3.44. The average Bonchev–Trinajstić information content (AvgIpc) is 2.71. The van der Waals surface area contributed by atoms with Crippen LogP contribution in [0.2, 0.25) is 0 Å². The minimum absolute atomic E-state index is 0.233. The first-order valence-electron chi connectivity index (χ1n) is 7.03. The fraction of sp³-hybridized carbons (Fsp3) is 0.467. The molecule has 0 bridgehead atoms. The van der Waals surface area contributed by atoms with Gasteiger partial charge in [-0.05, 0) is 31.0 Å². The van der Waals surface area contributed by atoms with Crippen LogP contribution in [0.15, 0.2) is 18.2 Å². The summed E-state index contributed by atoms with van der Waals surface area (Å²) in [7, 11) is 0. The van der Waals surface area contributed by atoms with E-state index in [1.54, 1.807) is 18.2 Å². The highest BCUT2D eigenvalue weighted by atomic mass is 16.5. The third-order valence-electron chi connectivity index (χ3n) is 3.73. The second kappa shape index (κ2) is 5.25. The number of hydrogen-bond donors (Lipinski definition) is 1. The first-order valence-corrected chi connectivity index (χ1v) is 7.03. The highest BCUT2D eigenvalue weighted by Crippen LogP contribution is 2.22. The maximum Gasteiger partial charge on any atom is 0.335 e. The number of carboxylic acid groups (broad SMARTS) is 1. The summed E-state index contributed by atoms with van der Waals surface area (Å²) in [6.07, 6.45) is 3.20. The van der Waals surface area contributed by atoms with Crippen molar-refractivity contribution in [3.05, 3.63) is 29.6 Å². The molecule has 1 fully saturated rings. The molecule has 1 aromatic heterocycles. The molecule has 1 aromatic carbocycles. The van der Waals surface area contributed by atoms with E-state index >= 15 is 0 Å². The first kappa shape index (κ1) is 13.1. The van der Waals surface area contributed by atoms with Gasteiger partial charge in [-0.1, -0.05) is 6.92 Å². The van der Waals surface area contributed by atoms with Crippen molar-refractivity contribution in [3.63, 3.8) is 0 Å². The lowest BCUT2D eigenvalue weighted by molar-refractivity contribution is -0.0590. The second-order valence-electron chi connectivity index (χ2n) is 5.18. The zero-order valence-corrected chi connectivity index (χ0v) is 11.5. The van der Waals surface area contributed by atoms with Crippen molar-refractivity contribution in [3.8, 4) is 0 Å². The summed E-state index contributed by atoms with van der Waals surface area (Å²) in [4.78, 5) is 15.8. The Labute approximate surface area is 117 Å². The molecule has 2 aromatic rings. The first-order chi connectivity index (χ1) is 9.69. The normalized spacial score (nSPS) is 18.1. The van der Waals surface area contributed by atoms with Gasteiger partial charge in [0.05, 0.1) is 29.2 Å². The van der Waals surface area contributed by atoms with Gasteiger partial charge in [0.1, 0.15) is 5.82 Å². The summed E-state index contributed by atoms with van der Waals surface area (Å²) in [6.45, 7) is 3.70. The molecule has 1 aliphatic rings. The number of nitrogens with zero attached hydrogens (tertiary/aromatic N) is 2. The van der Waals surface area contributed by atoms with Crippen molar-refractivity contribution in [1.82, 2.24) is 9.55 Å². The Hall–Kier alpha value is -1.88. The van der Waals surface area contributed by atoms with Gasteiger partial charge in [-0.25, -0.2) is 9.78 Å². The van der Waals surface area contributed by atoms with Crippen molar-refractivity contribution >= 4 is 17.0 Å². The average molecular weight is 274 g/mol. The maximum atomic E-state index is 11.1. The lowest BCUT2D eigenvalue weighted by Crippen LogP contribution is -2.31. The summed E-state index contributed by atoms with van der Waals surface area (Å²) in [5.41, 5.74) is 2.05. The predicted molar refractivity (Wildman–Crippen MR) is 75.0 cm³/mol. The van der Waals surface area contributed by atoms with Crippen LogP contribution in [0.4, 0.5) is 0 Å². The van der Waals surface area contributed by atoms with E-state index in [-0.39, 0.29) is 6.10 Å². The molecule has 106 valence electrons. The molecule has 5 nitrogen and oxygen atoms in total. The van der Waals surface area contributed by atoms with Crippen LogP contribution in [0.5, 0.6) is 0 Å². The predicted octanol–water partition coefficient (Wildman–Crippen LogP) is 2.48. The van der Waals surface area contributed by atoms with Crippen LogP contribution in [0.25, 0.3) is 11.0 Å². The fourth-order valence-corrected chi connectivity index (χ4v) is 2.56. The van der Waals surface area contributed by atoms with Crippen molar-refractivity contribution in [2.75, 3.05) is 6.61 Å². The van der Waals surface area contributed by atoms with E-state index in [1.807, 2.05) is 0 Å². The number of carbonyl (C=O) groups is 1. The number of aryl methyl sites for hydroxylation is 1. The Morgan fingerprint density at radius 2 is 2.35 bits per heavy atom. The molecular formula is C15H18N2O3. The van der Waals surface area contributed by atoms with Crippen molar-refractivity contribution in [2.24, 2.45) is 0 Å². The number of ether oxygens (including phenoxy) is 1. The van der Waals surface area contributed by atoms with E-state index < -0.39 is 5.97 Å². The monoisotopic (exact) mass is 274 g/mol. The van der Waals surface area contributed by atoms with Gasteiger partial charge in [-0.15, -0.1) is 0 Å². The Morgan fingerprint density at radius 1 is 1.55 bits per heavy atom. The lowest BCUT2D eigenvalue weighted by Gasteiger charge is -2.27. The van der Waals surface area contributed by atoms with Crippen molar-refractivity contribution < 1.29 is 14.6 Å². The molecule has 1 saturated heterocycles. The summed E-state index contributed by atoms with van der Waals surface area (Å²) in [5, 5.41) is 9.13. The number of carboxylic acids is 1. The molecule has 0 saturated carbocycles. The van der Waals surface area contributed by atoms with E-state index in [9.17, 15) is 4.79 Å². The maximum absolute atomic E-state index is 11.1. The van der Waals surface area contributed by atoms with Gasteiger partial charge in [0.2, 0.25) is 0 Å². The second-order valence-corrected chi connectivity index (χ2v) is 5.18. The van der Waals surface area contributed by atoms with E-state index in [0.717, 1.165) is 49.3 Å². The quantitative estimate of drug-likeness (QED) is 0.909. The van der Waals surface area contributed by atoms with E-state index in [4.69, 9.17) is 9.84 Å². The molecule has 1 aliphatic heterocycles. The number of aromatic nitrogens is 2. The molecular weight excluding hydrogens is 256 g/mol. The Balaban J connectivity index is 2.06. The fourth-order valence-electron chi connectivity index (χ4n) is 2.56. The lowest BCUT2D eigenvalue weighted by atomic mass is 10.1. The smallest absolute Gasteiger partial charge is 0.335 e. The van der Waals surface area contributed by atoms with Gasteiger partial charge in [-0.2, -0.15) is 0 Å². The van der Waals surface area contributed by atoms with E-state index in [2.05, 4.69) is 16.5 Å². The standard InChI is InChI=1S/C15H18N2O3/c1-2-3-14-16-12-5-4-10(15(18)19)8-13(12)17(14)9-11-6-7-20-11/h4-5,8,11H,2-3,6-7,9H2,1H3,(H,18,19). The largest absolute Gasteiger partial charge is 0.478 e. The van der Waals surface area contributed by atoms with Gasteiger partial charge in [0.25, 0.3) is 0 Å². The van der Waals surface area contributed by atoms with Crippen LogP contribution < -0.4 is 0 Å². The molecule has 0 amide bonds. The van der Waals surface area contributed by atoms with Crippen LogP contribution in [0.1, 0.15) is 35.9 Å². The summed E-state index contributed by atoms with van der Waals surface area (Å²) < 4.78 is 7.62. The number of benzene rings is 1. The summed E-state index contributed by atoms with van der Waals surface area (Å²) in [5.74, 6) is 0.108. The van der Waals surface area contributed by atoms with Crippen LogP contribution in [0.3, 0.4) is 0 Å². The summed E-state index contributed by atoms with van der Waals surface area (Å²) >= 11 is 0. The van der Waals surface area contributed by atoms with Gasteiger partial charge < -0.3 is 14.4 Å². The highest BCUT2D eigenvalue weighted by molar-refractivity contribution is 5.92. The molecule has 20 heavy (non-hydrogen) atoms. The zero-order chi connectivity index (χ0) is 14.1. The van der Waals surface area contributed by atoms with Crippen LogP contribution in [-0.4, -0.2) is 33.3 Å². The van der Waals surface area contributed by atoms with Gasteiger partial charge in [0, 0.05) is 13.0 Å². The summed E-state index contributed by atoms with van der Waals surface area (Å²) in [6, 6.07) is 5.11. The van der Waals surface area contributed by atoms with E-state index in [0.29, 0.717) is 5.56 Å². The molecule has 1 unspecified atom stereocenters. The number of aromatic carboxylic acids is 1. The molecule has 3 rings (SSSR count). The van der Waals surface area contributed by atoms with Crippen LogP contribution in [-0.2, 0) is 17.7 Å². The van der Waals surface area contributed by atoms with Crippen LogP contribution in [0, 0.1) is 0 Å². The zero-order valence-electron chi connectivity index (χ0n) is 11.5. The molecule has 0 radical (unpaired) electrons. The number of rotatable bonds is 5. The van der Waals surface area contributed by atoms with Crippen LogP contribution >= 0.6 is 0 Å². The number of hydrogen-bond acceptors (Lipinski definition) is 3. The highest BCUT2D eigenvalue weighted by Gasteiger charge is 2.22. The third-order valence-corrected chi connectivity index (χ3v) is 3.73. The minimum atomic E-state index is -0.906. The molecule has 0 spiro atoms. The Bertz CT molecular complexity index is 644. The van der Waals surface area contributed by atoms with E-state index in [1.165, 1.54) is 0 Å². The molecule has 2 heterocycles. The molecule has 5 heteroatoms. The Morgan fingerprint density at radius 3 is 2.95 bits per heavy atom. The number of fused-ring (bicyclic) bond motifs is 1. The SMILES string of the molecule is CCCc1nc2ccc(C(=O)O)cc2n1CC1CCO1. The van der Waals surface area contributed by atoms with Gasteiger partial charge in [0.15, 0.2) is 0 Å². The van der Waals surface area contributed by atoms with Gasteiger partial charge in [-0.3, -0.25) is 0 Å². The molecule has 1 atom stereocenters. The van der Waals surface area contributed by atoms with Crippen molar-refractivity contribution in [2.45, 2.75) is 38.8 Å². The topological polar surface area (TPSA) is 64.3 Å².